The molecule has 0 radical (unpaired) electrons. The second kappa shape index (κ2) is 10.2. The van der Waals surface area contributed by atoms with Crippen LogP contribution in [0.2, 0.25) is 0 Å². The van der Waals surface area contributed by atoms with Gasteiger partial charge in [0.25, 0.3) is 11.8 Å². The summed E-state index contributed by atoms with van der Waals surface area (Å²) in [7, 11) is 1.54. The summed E-state index contributed by atoms with van der Waals surface area (Å²) in [5, 5.41) is 3.72. The number of benzene rings is 3. The number of methoxy groups -OCH3 is 1. The van der Waals surface area contributed by atoms with Crippen LogP contribution in [-0.2, 0) is 12.0 Å². The Kier molecular flexibility index (Phi) is 6.49. The third kappa shape index (κ3) is 4.91. The van der Waals surface area contributed by atoms with Gasteiger partial charge in [-0.3, -0.25) is 9.59 Å². The first-order valence-corrected chi connectivity index (χ1v) is 13.2. The Morgan fingerprint density at radius 3 is 2.54 bits per heavy atom. The van der Waals surface area contributed by atoms with Crippen molar-refractivity contribution in [2.75, 3.05) is 7.11 Å². The number of primary amides is 1. The predicted molar refractivity (Wildman–Crippen MR) is 151 cm³/mol. The largest absolute Gasteiger partial charge is 0.496 e. The van der Waals surface area contributed by atoms with Gasteiger partial charge in [0.15, 0.2) is 0 Å². The average molecular weight is 551 g/mol. The molecule has 0 bridgehead atoms. The van der Waals surface area contributed by atoms with Crippen molar-refractivity contribution in [2.24, 2.45) is 5.73 Å². The fourth-order valence-corrected chi connectivity index (χ4v) is 5.22. The molecule has 1 aliphatic carbocycles. The maximum atomic E-state index is 13.5. The van der Waals surface area contributed by atoms with Crippen LogP contribution in [-0.4, -0.2) is 28.9 Å². The second-order valence-corrected chi connectivity index (χ2v) is 10.3. The summed E-state index contributed by atoms with van der Waals surface area (Å²) in [6.45, 7) is 1.96. The molecule has 0 aliphatic heterocycles. The van der Waals surface area contributed by atoms with E-state index >= 15 is 0 Å². The number of nitrogens with one attached hydrogen (secondary N) is 1. The van der Waals surface area contributed by atoms with E-state index < -0.39 is 17.3 Å². The first-order valence-electron chi connectivity index (χ1n) is 13.2. The Hall–Kier alpha value is -5.05. The minimum Gasteiger partial charge on any atom is -0.496 e. The van der Waals surface area contributed by atoms with Crippen LogP contribution in [0.25, 0.3) is 22.3 Å². The van der Waals surface area contributed by atoms with E-state index in [0.717, 1.165) is 35.2 Å². The van der Waals surface area contributed by atoms with Crippen molar-refractivity contribution in [3.05, 3.63) is 113 Å². The predicted octanol–water partition coefficient (Wildman–Crippen LogP) is 5.45. The van der Waals surface area contributed by atoms with E-state index in [9.17, 15) is 14.0 Å². The molecule has 2 amide bonds. The number of rotatable bonds is 8. The average Bonchev–Trinajstić information content (AvgIpc) is 3.65. The van der Waals surface area contributed by atoms with Crippen LogP contribution in [0.15, 0.2) is 77.6 Å². The van der Waals surface area contributed by atoms with Gasteiger partial charge in [-0.15, -0.1) is 0 Å². The van der Waals surface area contributed by atoms with Crippen molar-refractivity contribution < 1.29 is 23.1 Å². The summed E-state index contributed by atoms with van der Waals surface area (Å²) < 4.78 is 25.0. The Balaban J connectivity index is 1.33. The molecule has 41 heavy (non-hydrogen) atoms. The van der Waals surface area contributed by atoms with Crippen molar-refractivity contribution >= 4 is 22.8 Å². The van der Waals surface area contributed by atoms with Gasteiger partial charge in [0, 0.05) is 17.1 Å². The molecule has 1 fully saturated rings. The number of fused-ring (bicyclic) bond motifs is 1. The highest BCUT2D eigenvalue weighted by Gasteiger charge is 2.47. The van der Waals surface area contributed by atoms with E-state index in [1.807, 2.05) is 37.3 Å². The summed E-state index contributed by atoms with van der Waals surface area (Å²) in [4.78, 5) is 34.3. The molecule has 0 unspecified atom stereocenters. The molecule has 0 atom stereocenters. The van der Waals surface area contributed by atoms with Crippen molar-refractivity contribution in [3.8, 4) is 17.1 Å². The molecule has 6 rings (SSSR count). The van der Waals surface area contributed by atoms with E-state index in [1.165, 1.54) is 18.5 Å². The second-order valence-electron chi connectivity index (χ2n) is 10.3. The van der Waals surface area contributed by atoms with Gasteiger partial charge in [-0.25, -0.2) is 14.4 Å². The lowest BCUT2D eigenvalue weighted by Gasteiger charge is -2.19. The number of hydrogen-bond donors (Lipinski definition) is 2. The van der Waals surface area contributed by atoms with Crippen LogP contribution >= 0.6 is 0 Å². The SMILES string of the molecule is COc1cc(C)c(Cc2ccc3oc(-c4ccc(F)cc4)c(C(N)=O)c3c2)cc1C(=O)NC1(c2ccncn2)CC1. The Morgan fingerprint density at radius 1 is 1.10 bits per heavy atom. The van der Waals surface area contributed by atoms with E-state index in [4.69, 9.17) is 14.9 Å². The maximum Gasteiger partial charge on any atom is 0.255 e. The Labute approximate surface area is 235 Å². The van der Waals surface area contributed by atoms with Gasteiger partial charge < -0.3 is 20.2 Å². The highest BCUT2D eigenvalue weighted by atomic mass is 19.1. The van der Waals surface area contributed by atoms with Crippen LogP contribution in [0.4, 0.5) is 4.39 Å². The number of nitrogens with zero attached hydrogens (tertiary/aromatic N) is 2. The normalized spacial score (nSPS) is 13.6. The zero-order chi connectivity index (χ0) is 28.7. The fourth-order valence-electron chi connectivity index (χ4n) is 5.22. The van der Waals surface area contributed by atoms with Crippen molar-refractivity contribution in [3.63, 3.8) is 0 Å². The molecule has 1 saturated carbocycles. The zero-order valence-corrected chi connectivity index (χ0v) is 22.5. The number of nitrogens with two attached hydrogens (primary N) is 1. The number of halogens is 1. The van der Waals surface area contributed by atoms with Gasteiger partial charge in [-0.05, 0) is 97.5 Å². The minimum atomic E-state index is -0.641. The molecular formula is C32H27FN4O4. The number of aryl methyl sites for hydroxylation is 1. The summed E-state index contributed by atoms with van der Waals surface area (Å²) in [5.74, 6) is -0.506. The topological polar surface area (TPSA) is 120 Å². The number of amides is 2. The summed E-state index contributed by atoms with van der Waals surface area (Å²) in [6, 6.07) is 16.8. The van der Waals surface area contributed by atoms with Crippen molar-refractivity contribution in [1.29, 1.82) is 0 Å². The molecule has 8 nitrogen and oxygen atoms in total. The monoisotopic (exact) mass is 550 g/mol. The summed E-state index contributed by atoms with van der Waals surface area (Å²) in [5.41, 5.74) is 10.5. The molecule has 2 aromatic heterocycles. The van der Waals surface area contributed by atoms with Crippen LogP contribution < -0.4 is 15.8 Å². The molecule has 5 aromatic rings. The highest BCUT2D eigenvalue weighted by molar-refractivity contribution is 6.10. The molecule has 3 N–H and O–H groups in total. The first kappa shape index (κ1) is 26.2. The standard InChI is InChI=1S/C32H27FN4O4/c1-18-13-26(40-2)24(31(39)37-32(10-11-32)27-9-12-35-17-36-27)16-21(18)14-19-3-8-25-23(15-19)28(30(34)38)29(41-25)20-4-6-22(33)7-5-20/h3-9,12-13,15-17H,10-11,14H2,1-2H3,(H2,34,38)(H,37,39). The minimum absolute atomic E-state index is 0.236. The number of furan rings is 1. The van der Waals surface area contributed by atoms with Crippen molar-refractivity contribution in [1.82, 2.24) is 15.3 Å². The molecule has 9 heteroatoms. The van der Waals surface area contributed by atoms with E-state index in [2.05, 4.69) is 15.3 Å². The molecule has 0 saturated heterocycles. The van der Waals surface area contributed by atoms with Crippen LogP contribution in [0.1, 0.15) is 55.9 Å². The van der Waals surface area contributed by atoms with Gasteiger partial charge in [-0.2, -0.15) is 0 Å². The van der Waals surface area contributed by atoms with Gasteiger partial charge in [-0.1, -0.05) is 6.07 Å². The number of hydrogen-bond acceptors (Lipinski definition) is 6. The smallest absolute Gasteiger partial charge is 0.255 e. The number of ether oxygens (including phenoxy) is 1. The van der Waals surface area contributed by atoms with Gasteiger partial charge >= 0.3 is 0 Å². The maximum absolute atomic E-state index is 13.5. The van der Waals surface area contributed by atoms with Crippen LogP contribution in [0.3, 0.4) is 0 Å². The fraction of sp³-hybridized carbons (Fsp3) is 0.188. The highest BCUT2D eigenvalue weighted by Crippen LogP contribution is 2.45. The Morgan fingerprint density at radius 2 is 1.88 bits per heavy atom. The van der Waals surface area contributed by atoms with E-state index in [0.29, 0.717) is 40.0 Å². The quantitative estimate of drug-likeness (QED) is 0.265. The number of carbonyl (C=O) groups is 2. The lowest BCUT2D eigenvalue weighted by molar-refractivity contribution is 0.0925. The zero-order valence-electron chi connectivity index (χ0n) is 22.5. The molecule has 3 aromatic carbocycles. The molecule has 0 spiro atoms. The third-order valence-corrected chi connectivity index (χ3v) is 7.58. The molecular weight excluding hydrogens is 523 g/mol. The van der Waals surface area contributed by atoms with E-state index in [1.54, 1.807) is 31.5 Å². The summed E-state index contributed by atoms with van der Waals surface area (Å²) >= 11 is 0. The lowest BCUT2D eigenvalue weighted by atomic mass is 9.95. The lowest BCUT2D eigenvalue weighted by Crippen LogP contribution is -2.35. The molecule has 2 heterocycles. The van der Waals surface area contributed by atoms with Crippen molar-refractivity contribution in [2.45, 2.75) is 31.7 Å². The Bertz CT molecular complexity index is 1790. The van der Waals surface area contributed by atoms with Crippen LogP contribution in [0, 0.1) is 12.7 Å². The molecule has 206 valence electrons. The molecule has 1 aliphatic rings. The summed E-state index contributed by atoms with van der Waals surface area (Å²) in [6.07, 6.45) is 5.23. The number of aromatic nitrogens is 2. The van der Waals surface area contributed by atoms with Gasteiger partial charge in [0.1, 0.15) is 29.2 Å². The number of carbonyl (C=O) groups excluding carboxylic acids is 2. The van der Waals surface area contributed by atoms with Gasteiger partial charge in [0.05, 0.1) is 29.5 Å². The van der Waals surface area contributed by atoms with E-state index in [-0.39, 0.29) is 11.5 Å². The van der Waals surface area contributed by atoms with Gasteiger partial charge in [0.2, 0.25) is 0 Å². The van der Waals surface area contributed by atoms with Crippen LogP contribution in [0.5, 0.6) is 5.75 Å². The first-order chi connectivity index (χ1) is 19.8. The third-order valence-electron chi connectivity index (χ3n) is 7.58.